The van der Waals surface area contributed by atoms with E-state index in [2.05, 4.69) is 67.7 Å². The van der Waals surface area contributed by atoms with Crippen LogP contribution >= 0.6 is 12.2 Å². The lowest BCUT2D eigenvalue weighted by Gasteiger charge is -2.14. The highest BCUT2D eigenvalue weighted by Crippen LogP contribution is 2.20. The van der Waals surface area contributed by atoms with E-state index < -0.39 is 0 Å². The lowest BCUT2D eigenvalue weighted by Crippen LogP contribution is -2.30. The molecule has 0 aliphatic carbocycles. The summed E-state index contributed by atoms with van der Waals surface area (Å²) in [5.41, 5.74) is 2.42. The first kappa shape index (κ1) is 16.9. The molecule has 112 valence electrons. The number of anilines is 1. The van der Waals surface area contributed by atoms with Crippen molar-refractivity contribution < 1.29 is 0 Å². The van der Waals surface area contributed by atoms with E-state index in [9.17, 15) is 0 Å². The summed E-state index contributed by atoms with van der Waals surface area (Å²) < 4.78 is 0. The molecule has 0 saturated carbocycles. The molecule has 0 saturated heterocycles. The van der Waals surface area contributed by atoms with Crippen LogP contribution in [0, 0.1) is 0 Å². The van der Waals surface area contributed by atoms with Crippen molar-refractivity contribution in [1.82, 2.24) is 10.2 Å². The Bertz CT molecular complexity index is 401. The fraction of sp³-hybridized carbons (Fsp3) is 0.562. The Morgan fingerprint density at radius 3 is 2.45 bits per heavy atom. The van der Waals surface area contributed by atoms with Crippen molar-refractivity contribution in [2.45, 2.75) is 32.6 Å². The molecule has 3 nitrogen and oxygen atoms in total. The quantitative estimate of drug-likeness (QED) is 0.595. The highest BCUT2D eigenvalue weighted by Gasteiger charge is 2.03. The third kappa shape index (κ3) is 6.35. The summed E-state index contributed by atoms with van der Waals surface area (Å²) >= 11 is 5.29. The molecule has 0 aliphatic rings. The number of thiocarbonyl (C=S) groups is 1. The fourth-order valence-electron chi connectivity index (χ4n) is 1.90. The molecule has 0 bridgehead atoms. The summed E-state index contributed by atoms with van der Waals surface area (Å²) in [5, 5.41) is 7.14. The summed E-state index contributed by atoms with van der Waals surface area (Å²) in [6.45, 7) is 6.43. The average molecular weight is 293 g/mol. The summed E-state index contributed by atoms with van der Waals surface area (Å²) in [4.78, 5) is 2.17. The van der Waals surface area contributed by atoms with Crippen LogP contribution in [0.5, 0.6) is 0 Å². The van der Waals surface area contributed by atoms with Gasteiger partial charge in [-0.1, -0.05) is 26.0 Å². The van der Waals surface area contributed by atoms with Crippen LogP contribution in [0.2, 0.25) is 0 Å². The highest BCUT2D eigenvalue weighted by molar-refractivity contribution is 7.80. The molecule has 0 aromatic heterocycles. The highest BCUT2D eigenvalue weighted by atomic mass is 32.1. The molecule has 0 fully saturated rings. The molecule has 0 aliphatic heterocycles. The van der Waals surface area contributed by atoms with Gasteiger partial charge < -0.3 is 15.5 Å². The molecule has 4 heteroatoms. The lowest BCUT2D eigenvalue weighted by molar-refractivity contribution is 0.400. The second-order valence-corrected chi connectivity index (χ2v) is 5.88. The van der Waals surface area contributed by atoms with Crippen LogP contribution in [0.1, 0.15) is 38.2 Å². The molecule has 20 heavy (non-hydrogen) atoms. The second-order valence-electron chi connectivity index (χ2n) is 5.47. The van der Waals surface area contributed by atoms with Crippen molar-refractivity contribution in [1.29, 1.82) is 0 Å². The molecule has 0 heterocycles. The summed E-state index contributed by atoms with van der Waals surface area (Å²) in [5.74, 6) is 0.611. The number of nitrogens with zero attached hydrogens (tertiary/aromatic N) is 1. The van der Waals surface area contributed by atoms with Crippen molar-refractivity contribution in [2.75, 3.05) is 32.5 Å². The normalized spacial score (nSPS) is 12.2. The largest absolute Gasteiger partial charge is 0.362 e. The number of hydrogen-bond donors (Lipinski definition) is 2. The molecule has 2 N–H and O–H groups in total. The van der Waals surface area contributed by atoms with Crippen LogP contribution in [-0.2, 0) is 0 Å². The molecule has 1 unspecified atom stereocenters. The number of nitrogens with one attached hydrogen (secondary N) is 2. The number of hydrogen-bond acceptors (Lipinski definition) is 2. The van der Waals surface area contributed by atoms with Gasteiger partial charge in [0.2, 0.25) is 0 Å². The first-order chi connectivity index (χ1) is 9.52. The van der Waals surface area contributed by atoms with Crippen molar-refractivity contribution in [3.8, 4) is 0 Å². The van der Waals surface area contributed by atoms with Crippen molar-refractivity contribution in [2.24, 2.45) is 0 Å². The van der Waals surface area contributed by atoms with Crippen LogP contribution in [0.4, 0.5) is 5.69 Å². The van der Waals surface area contributed by atoms with Crippen molar-refractivity contribution in [3.05, 3.63) is 29.8 Å². The molecule has 0 amide bonds. The van der Waals surface area contributed by atoms with E-state index in [0.29, 0.717) is 11.0 Å². The molecule has 1 rings (SSSR count). The van der Waals surface area contributed by atoms with E-state index in [1.807, 2.05) is 0 Å². The molecule has 0 radical (unpaired) electrons. The third-order valence-electron chi connectivity index (χ3n) is 3.42. The van der Waals surface area contributed by atoms with E-state index in [4.69, 9.17) is 12.2 Å². The SMILES string of the molecule is CCC(C)c1ccc(NC(=S)NCCCN(C)C)cc1. The zero-order valence-electron chi connectivity index (χ0n) is 13.1. The monoisotopic (exact) mass is 293 g/mol. The van der Waals surface area contributed by atoms with Gasteiger partial charge >= 0.3 is 0 Å². The number of benzene rings is 1. The van der Waals surface area contributed by atoms with Gasteiger partial charge in [0.25, 0.3) is 0 Å². The number of rotatable bonds is 7. The maximum Gasteiger partial charge on any atom is 0.170 e. The minimum absolute atomic E-state index is 0.611. The Balaban J connectivity index is 2.35. The Kier molecular flexibility index (Phi) is 7.55. The van der Waals surface area contributed by atoms with Crippen LogP contribution in [-0.4, -0.2) is 37.2 Å². The minimum atomic E-state index is 0.611. The van der Waals surface area contributed by atoms with Crippen LogP contribution in [0.25, 0.3) is 0 Å². The van der Waals surface area contributed by atoms with E-state index in [-0.39, 0.29) is 0 Å². The van der Waals surface area contributed by atoms with Gasteiger partial charge in [-0.25, -0.2) is 0 Å². The van der Waals surface area contributed by atoms with Crippen LogP contribution in [0.15, 0.2) is 24.3 Å². The third-order valence-corrected chi connectivity index (χ3v) is 3.66. The van der Waals surface area contributed by atoms with E-state index in [0.717, 1.165) is 25.2 Å². The van der Waals surface area contributed by atoms with Crippen LogP contribution < -0.4 is 10.6 Å². The topological polar surface area (TPSA) is 27.3 Å². The zero-order valence-corrected chi connectivity index (χ0v) is 13.9. The van der Waals surface area contributed by atoms with Crippen LogP contribution in [0.3, 0.4) is 0 Å². The minimum Gasteiger partial charge on any atom is -0.362 e. The molecule has 1 aromatic carbocycles. The summed E-state index contributed by atoms with van der Waals surface area (Å²) in [6, 6.07) is 8.53. The average Bonchev–Trinajstić information content (AvgIpc) is 2.43. The van der Waals surface area contributed by atoms with E-state index in [1.165, 1.54) is 12.0 Å². The maximum atomic E-state index is 5.29. The van der Waals surface area contributed by atoms with Gasteiger partial charge in [0, 0.05) is 12.2 Å². The van der Waals surface area contributed by atoms with E-state index >= 15 is 0 Å². The summed E-state index contributed by atoms with van der Waals surface area (Å²) in [6.07, 6.45) is 2.25. The zero-order chi connectivity index (χ0) is 15.0. The Morgan fingerprint density at radius 2 is 1.90 bits per heavy atom. The second kappa shape index (κ2) is 8.93. The molecule has 1 atom stereocenters. The molecule has 0 spiro atoms. The molecule has 1 aromatic rings. The van der Waals surface area contributed by atoms with Gasteiger partial charge in [0.05, 0.1) is 0 Å². The van der Waals surface area contributed by atoms with Gasteiger partial charge in [-0.05, 0) is 69.3 Å². The molecular weight excluding hydrogens is 266 g/mol. The first-order valence-electron chi connectivity index (χ1n) is 7.32. The summed E-state index contributed by atoms with van der Waals surface area (Å²) in [7, 11) is 4.16. The van der Waals surface area contributed by atoms with Gasteiger partial charge in [0.1, 0.15) is 0 Å². The lowest BCUT2D eigenvalue weighted by atomic mass is 9.99. The van der Waals surface area contributed by atoms with Gasteiger partial charge in [-0.15, -0.1) is 0 Å². The van der Waals surface area contributed by atoms with Crippen molar-refractivity contribution >= 4 is 23.0 Å². The van der Waals surface area contributed by atoms with Gasteiger partial charge in [-0.3, -0.25) is 0 Å². The molecular formula is C16H27N3S. The Hall–Kier alpha value is -1.13. The smallest absolute Gasteiger partial charge is 0.170 e. The standard InChI is InChI=1S/C16H27N3S/c1-5-13(2)14-7-9-15(10-8-14)18-16(20)17-11-6-12-19(3)4/h7-10,13H,5-6,11-12H2,1-4H3,(H2,17,18,20). The van der Waals surface area contributed by atoms with E-state index in [1.54, 1.807) is 0 Å². The Labute approximate surface area is 128 Å². The van der Waals surface area contributed by atoms with Gasteiger partial charge in [-0.2, -0.15) is 0 Å². The Morgan fingerprint density at radius 1 is 1.25 bits per heavy atom. The predicted octanol–water partition coefficient (Wildman–Crippen LogP) is 3.44. The predicted molar refractivity (Wildman–Crippen MR) is 92.5 cm³/mol. The maximum absolute atomic E-state index is 5.29. The first-order valence-corrected chi connectivity index (χ1v) is 7.73. The fourth-order valence-corrected chi connectivity index (χ4v) is 2.12. The van der Waals surface area contributed by atoms with Gasteiger partial charge in [0.15, 0.2) is 5.11 Å². The van der Waals surface area contributed by atoms with Crippen molar-refractivity contribution in [3.63, 3.8) is 0 Å².